The second-order valence-electron chi connectivity index (χ2n) is 6.07. The normalized spacial score (nSPS) is 27.4. The lowest BCUT2D eigenvalue weighted by atomic mass is 10.2. The number of quaternary nitrogens is 1. The minimum absolute atomic E-state index is 0.449. The summed E-state index contributed by atoms with van der Waals surface area (Å²) >= 11 is 14.3. The number of hydrogen-bond donors (Lipinski definition) is 2. The maximum Gasteiger partial charge on any atom is 0.282 e. The zero-order valence-corrected chi connectivity index (χ0v) is 18.3. The Labute approximate surface area is 171 Å². The lowest BCUT2D eigenvalue weighted by Crippen LogP contribution is -2.76. The molecular formula is C18H28Cl2N5S+. The number of nitrogens with zero attached hydrogens (tertiary/aromatic N) is 3. The van der Waals surface area contributed by atoms with Gasteiger partial charge in [-0.1, -0.05) is 23.2 Å². The minimum atomic E-state index is -0.592. The fourth-order valence-electron chi connectivity index (χ4n) is 3.27. The van der Waals surface area contributed by atoms with Crippen molar-refractivity contribution >= 4 is 46.7 Å². The van der Waals surface area contributed by atoms with Crippen LogP contribution in [0.4, 0.5) is 5.69 Å². The number of rotatable bonds is 7. The van der Waals surface area contributed by atoms with E-state index in [1.807, 2.05) is 31.2 Å². The second kappa shape index (κ2) is 8.85. The summed E-state index contributed by atoms with van der Waals surface area (Å²) in [7, 11) is 0. The first-order chi connectivity index (χ1) is 12.4. The lowest BCUT2D eigenvalue weighted by molar-refractivity contribution is -0.919. The van der Waals surface area contributed by atoms with Gasteiger partial charge in [-0.3, -0.25) is 10.3 Å². The first-order valence-electron chi connectivity index (χ1n) is 8.80. The summed E-state index contributed by atoms with van der Waals surface area (Å²) in [6, 6.07) is 7.71. The molecule has 0 bridgehead atoms. The molecule has 8 heteroatoms. The molecule has 0 fully saturated rings. The third-order valence-corrected chi connectivity index (χ3v) is 6.28. The molecule has 0 saturated carbocycles. The molecule has 1 aliphatic heterocycles. The second-order valence-corrected chi connectivity index (χ2v) is 7.84. The molecule has 0 amide bonds. The Morgan fingerprint density at radius 3 is 2.31 bits per heavy atom. The Morgan fingerprint density at radius 1 is 1.19 bits per heavy atom. The average Bonchev–Trinajstić information content (AvgIpc) is 2.62. The number of anilines is 1. The largest absolute Gasteiger partial charge is 0.313 e. The maximum absolute atomic E-state index is 6.60. The van der Waals surface area contributed by atoms with Crippen LogP contribution in [0.1, 0.15) is 27.7 Å². The fraction of sp³-hybridized carbons (Fsp3) is 0.500. The van der Waals surface area contributed by atoms with Crippen LogP contribution < -0.4 is 10.6 Å². The van der Waals surface area contributed by atoms with Crippen LogP contribution in [-0.2, 0) is 0 Å². The Kier molecular flexibility index (Phi) is 7.27. The Morgan fingerprint density at radius 2 is 1.81 bits per heavy atom. The number of nitrogens with one attached hydrogen (secondary N) is 2. The van der Waals surface area contributed by atoms with Crippen molar-refractivity contribution in [3.63, 3.8) is 0 Å². The highest BCUT2D eigenvalue weighted by Gasteiger charge is 2.55. The SMILES string of the molecule is CCN=C1NC(C)(Nc2ccc(Cl)cc2)[N+](SC)(N(CC)CC)C=C1Cl. The van der Waals surface area contributed by atoms with Crippen LogP contribution in [0, 0.1) is 0 Å². The molecule has 144 valence electrons. The highest BCUT2D eigenvalue weighted by molar-refractivity contribution is 7.93. The molecule has 2 rings (SSSR count). The number of aliphatic imine (C=N–C) groups is 1. The van der Waals surface area contributed by atoms with Gasteiger partial charge in [-0.25, -0.2) is 0 Å². The molecular weight excluding hydrogens is 389 g/mol. The van der Waals surface area contributed by atoms with Crippen LogP contribution in [0.15, 0.2) is 40.5 Å². The van der Waals surface area contributed by atoms with Crippen LogP contribution >= 0.6 is 35.1 Å². The van der Waals surface area contributed by atoms with Crippen LogP contribution in [0.2, 0.25) is 5.02 Å². The van der Waals surface area contributed by atoms with Gasteiger partial charge in [-0.2, -0.15) is 0 Å². The molecule has 0 spiro atoms. The van der Waals surface area contributed by atoms with Gasteiger partial charge in [0.15, 0.2) is 12.0 Å². The van der Waals surface area contributed by atoms with E-state index in [0.717, 1.165) is 18.8 Å². The Hall–Kier alpha value is -0.920. The van der Waals surface area contributed by atoms with Gasteiger partial charge < -0.3 is 5.32 Å². The zero-order chi connectivity index (χ0) is 19.4. The molecule has 2 N–H and O–H groups in total. The Balaban J connectivity index is 2.58. The molecule has 0 aromatic heterocycles. The van der Waals surface area contributed by atoms with Gasteiger partial charge in [-0.15, -0.1) is 9.01 Å². The zero-order valence-electron chi connectivity index (χ0n) is 16.0. The molecule has 2 atom stereocenters. The molecule has 26 heavy (non-hydrogen) atoms. The maximum atomic E-state index is 6.60. The average molecular weight is 417 g/mol. The van der Waals surface area contributed by atoms with E-state index in [2.05, 4.69) is 53.9 Å². The Bertz CT molecular complexity index is 675. The van der Waals surface area contributed by atoms with E-state index in [-0.39, 0.29) is 0 Å². The number of amidine groups is 1. The van der Waals surface area contributed by atoms with Gasteiger partial charge in [0.25, 0.3) is 5.79 Å². The first kappa shape index (κ1) is 21.4. The van der Waals surface area contributed by atoms with Crippen molar-refractivity contribution in [1.82, 2.24) is 10.3 Å². The topological polar surface area (TPSA) is 39.7 Å². The molecule has 0 radical (unpaired) electrons. The molecule has 0 saturated heterocycles. The van der Waals surface area contributed by atoms with E-state index in [1.165, 1.54) is 0 Å². The lowest BCUT2D eigenvalue weighted by Gasteiger charge is -2.53. The summed E-state index contributed by atoms with van der Waals surface area (Å²) < 4.78 is 0.449. The van der Waals surface area contributed by atoms with E-state index in [1.54, 1.807) is 11.9 Å². The van der Waals surface area contributed by atoms with Gasteiger partial charge >= 0.3 is 0 Å². The van der Waals surface area contributed by atoms with Gasteiger partial charge in [0, 0.05) is 43.5 Å². The third kappa shape index (κ3) is 3.99. The van der Waals surface area contributed by atoms with Gasteiger partial charge in [0.1, 0.15) is 17.0 Å². The van der Waals surface area contributed by atoms with E-state index in [9.17, 15) is 0 Å². The van der Waals surface area contributed by atoms with Crippen LogP contribution in [0.5, 0.6) is 0 Å². The molecule has 1 heterocycles. The predicted octanol–water partition coefficient (Wildman–Crippen LogP) is 4.88. The van der Waals surface area contributed by atoms with Crippen molar-refractivity contribution in [2.75, 3.05) is 31.2 Å². The number of benzene rings is 1. The van der Waals surface area contributed by atoms with Crippen molar-refractivity contribution in [3.05, 3.63) is 40.5 Å². The molecule has 1 aromatic rings. The third-order valence-electron chi connectivity index (χ3n) is 4.49. The van der Waals surface area contributed by atoms with Crippen molar-refractivity contribution < 1.29 is 4.00 Å². The van der Waals surface area contributed by atoms with Crippen molar-refractivity contribution in [2.24, 2.45) is 4.99 Å². The summed E-state index contributed by atoms with van der Waals surface area (Å²) in [5.74, 6) is 0.110. The number of halogens is 2. The van der Waals surface area contributed by atoms with Crippen molar-refractivity contribution in [3.8, 4) is 0 Å². The van der Waals surface area contributed by atoms with Gasteiger partial charge in [0.2, 0.25) is 0 Å². The highest BCUT2D eigenvalue weighted by atomic mass is 35.5. The summed E-state index contributed by atoms with van der Waals surface area (Å²) in [6.07, 6.45) is 4.15. The van der Waals surface area contributed by atoms with E-state index in [4.69, 9.17) is 23.2 Å². The quantitative estimate of drug-likeness (QED) is 0.490. The van der Waals surface area contributed by atoms with Gasteiger partial charge in [0.05, 0.1) is 0 Å². The van der Waals surface area contributed by atoms with Crippen LogP contribution in [0.3, 0.4) is 0 Å². The standard InChI is InChI=1S/C18H28Cl2N5S/c1-6-21-17-16(20)13-25(26-5,24(7-2)8-3)18(4,23-17)22-15-11-9-14(19)10-12-15/h9-13,22H,6-8H2,1-5H3,(H,21,23)/q+1. The van der Waals surface area contributed by atoms with Crippen molar-refractivity contribution in [2.45, 2.75) is 33.5 Å². The number of hydrogen-bond acceptors (Lipinski definition) is 4. The minimum Gasteiger partial charge on any atom is -0.313 e. The first-order valence-corrected chi connectivity index (χ1v) is 10.7. The van der Waals surface area contributed by atoms with Gasteiger partial charge in [-0.05, 0) is 45.0 Å². The smallest absolute Gasteiger partial charge is 0.282 e. The summed E-state index contributed by atoms with van der Waals surface area (Å²) in [5.41, 5.74) is 0.968. The van der Waals surface area contributed by atoms with E-state index >= 15 is 0 Å². The van der Waals surface area contributed by atoms with Crippen LogP contribution in [0.25, 0.3) is 0 Å². The summed E-state index contributed by atoms with van der Waals surface area (Å²) in [4.78, 5) is 4.53. The highest BCUT2D eigenvalue weighted by Crippen LogP contribution is 2.40. The molecule has 5 nitrogen and oxygen atoms in total. The molecule has 1 aliphatic rings. The predicted molar refractivity (Wildman–Crippen MR) is 115 cm³/mol. The van der Waals surface area contributed by atoms with E-state index in [0.29, 0.717) is 26.4 Å². The molecule has 2 unspecified atom stereocenters. The summed E-state index contributed by atoms with van der Waals surface area (Å²) in [6.45, 7) is 10.8. The molecule has 1 aromatic carbocycles. The van der Waals surface area contributed by atoms with Crippen molar-refractivity contribution in [1.29, 1.82) is 0 Å². The summed E-state index contributed by atoms with van der Waals surface area (Å²) in [5, 5.41) is 10.9. The monoisotopic (exact) mass is 416 g/mol. The van der Waals surface area contributed by atoms with E-state index < -0.39 is 5.79 Å². The fourth-order valence-corrected chi connectivity index (χ4v) is 4.83. The molecule has 0 aliphatic carbocycles. The van der Waals surface area contributed by atoms with Crippen LogP contribution in [-0.4, -0.2) is 46.5 Å².